The van der Waals surface area contributed by atoms with Gasteiger partial charge in [-0.05, 0) is 30.5 Å². The summed E-state index contributed by atoms with van der Waals surface area (Å²) in [6.45, 7) is 2.56. The van der Waals surface area contributed by atoms with Crippen LogP contribution in [0.15, 0.2) is 42.5 Å². The van der Waals surface area contributed by atoms with E-state index in [0.29, 0.717) is 55.6 Å². The van der Waals surface area contributed by atoms with Crippen LogP contribution in [-0.2, 0) is 11.4 Å². The molecule has 7 heteroatoms. The number of hydrogen-bond acceptors (Lipinski definition) is 5. The van der Waals surface area contributed by atoms with E-state index >= 15 is 0 Å². The van der Waals surface area contributed by atoms with Crippen LogP contribution in [-0.4, -0.2) is 62.0 Å². The molecule has 0 spiro atoms. The number of rotatable bonds is 7. The van der Waals surface area contributed by atoms with Crippen LogP contribution in [0.1, 0.15) is 35.2 Å². The zero-order valence-corrected chi connectivity index (χ0v) is 18.7. The quantitative estimate of drug-likeness (QED) is 0.663. The Bertz CT molecular complexity index is 925. The van der Waals surface area contributed by atoms with Crippen LogP contribution in [0.4, 0.5) is 0 Å². The molecule has 0 bridgehead atoms. The van der Waals surface area contributed by atoms with Gasteiger partial charge in [-0.25, -0.2) is 0 Å². The molecular weight excluding hydrogens is 408 g/mol. The second kappa shape index (κ2) is 9.94. The fourth-order valence-corrected chi connectivity index (χ4v) is 4.10. The van der Waals surface area contributed by atoms with E-state index in [1.165, 1.54) is 0 Å². The second-order valence-corrected chi connectivity index (χ2v) is 8.23. The molecule has 2 amide bonds. The van der Waals surface area contributed by atoms with Crippen molar-refractivity contribution < 1.29 is 23.8 Å². The number of ether oxygens (including phenoxy) is 3. The molecule has 1 saturated heterocycles. The van der Waals surface area contributed by atoms with Crippen molar-refractivity contribution in [3.63, 3.8) is 0 Å². The fraction of sp³-hybridized carbons (Fsp3) is 0.440. The summed E-state index contributed by atoms with van der Waals surface area (Å²) in [5.74, 6) is 1.68. The van der Waals surface area contributed by atoms with E-state index < -0.39 is 0 Å². The van der Waals surface area contributed by atoms with Gasteiger partial charge in [-0.15, -0.1) is 0 Å². The average molecular weight is 439 g/mol. The van der Waals surface area contributed by atoms with Crippen LogP contribution >= 0.6 is 0 Å². The van der Waals surface area contributed by atoms with Gasteiger partial charge in [0, 0.05) is 37.7 Å². The molecule has 1 saturated carbocycles. The first-order valence-electron chi connectivity index (χ1n) is 11.1. The molecule has 1 aliphatic heterocycles. The Kier molecular flexibility index (Phi) is 6.83. The highest BCUT2D eigenvalue weighted by Crippen LogP contribution is 2.39. The molecule has 0 atom stereocenters. The average Bonchev–Trinajstić information content (AvgIpc) is 2.81. The number of nitrogens with zero attached hydrogens (tertiary/aromatic N) is 2. The summed E-state index contributed by atoms with van der Waals surface area (Å²) < 4.78 is 17.0. The lowest BCUT2D eigenvalue weighted by molar-refractivity contribution is -0.139. The minimum absolute atomic E-state index is 0.105. The van der Waals surface area contributed by atoms with Crippen LogP contribution in [0.25, 0.3) is 0 Å². The highest BCUT2D eigenvalue weighted by Gasteiger charge is 2.32. The molecule has 170 valence electrons. The number of benzene rings is 2. The molecule has 0 radical (unpaired) electrons. The fourth-order valence-electron chi connectivity index (χ4n) is 4.10. The Balaban J connectivity index is 1.44. The van der Waals surface area contributed by atoms with Crippen molar-refractivity contribution in [2.24, 2.45) is 5.92 Å². The highest BCUT2D eigenvalue weighted by atomic mass is 16.5. The van der Waals surface area contributed by atoms with Gasteiger partial charge in [-0.1, -0.05) is 36.8 Å². The Morgan fingerprint density at radius 3 is 2.03 bits per heavy atom. The Morgan fingerprint density at radius 2 is 1.50 bits per heavy atom. The van der Waals surface area contributed by atoms with Crippen LogP contribution < -0.4 is 14.2 Å². The van der Waals surface area contributed by atoms with Crippen molar-refractivity contribution >= 4 is 11.8 Å². The van der Waals surface area contributed by atoms with Gasteiger partial charge in [-0.2, -0.15) is 0 Å². The van der Waals surface area contributed by atoms with Crippen molar-refractivity contribution in [3.8, 4) is 17.2 Å². The summed E-state index contributed by atoms with van der Waals surface area (Å²) in [5, 5.41) is 0. The molecular formula is C25H30N2O5. The topological polar surface area (TPSA) is 68.3 Å². The zero-order chi connectivity index (χ0) is 22.5. The Hall–Kier alpha value is -3.22. The lowest BCUT2D eigenvalue weighted by Gasteiger charge is -2.38. The summed E-state index contributed by atoms with van der Waals surface area (Å²) in [4.78, 5) is 29.3. The number of hydrogen-bond donors (Lipinski definition) is 0. The van der Waals surface area contributed by atoms with Gasteiger partial charge in [0.05, 0.1) is 14.2 Å². The van der Waals surface area contributed by atoms with E-state index in [0.717, 1.165) is 24.8 Å². The third kappa shape index (κ3) is 4.66. The molecule has 1 aliphatic carbocycles. The van der Waals surface area contributed by atoms with E-state index in [-0.39, 0.29) is 17.7 Å². The summed E-state index contributed by atoms with van der Waals surface area (Å²) in [6.07, 6.45) is 3.14. The summed E-state index contributed by atoms with van der Waals surface area (Å²) in [6, 6.07) is 13.2. The third-order valence-electron chi connectivity index (χ3n) is 6.27. The SMILES string of the molecule is COc1cc(C(=O)N2CCN(C(=O)C3CCC3)CC2)cc(OC)c1OCc1ccccc1. The van der Waals surface area contributed by atoms with Crippen molar-refractivity contribution in [1.29, 1.82) is 0 Å². The normalized spacial score (nSPS) is 16.3. The first kappa shape index (κ1) is 22.0. The molecule has 2 aromatic rings. The van der Waals surface area contributed by atoms with E-state index in [4.69, 9.17) is 14.2 Å². The monoisotopic (exact) mass is 438 g/mol. The third-order valence-corrected chi connectivity index (χ3v) is 6.27. The maximum Gasteiger partial charge on any atom is 0.254 e. The van der Waals surface area contributed by atoms with Crippen LogP contribution in [0, 0.1) is 5.92 Å². The minimum atomic E-state index is -0.105. The molecule has 32 heavy (non-hydrogen) atoms. The van der Waals surface area contributed by atoms with Crippen molar-refractivity contribution in [3.05, 3.63) is 53.6 Å². The standard InChI is InChI=1S/C25H30N2O5/c1-30-21-15-20(16-22(31-2)23(21)32-17-18-7-4-3-5-8-18)25(29)27-13-11-26(12-14-27)24(28)19-9-6-10-19/h3-5,7-8,15-16,19H,6,9-14,17H2,1-2H3. The molecule has 4 rings (SSSR count). The Morgan fingerprint density at radius 1 is 0.906 bits per heavy atom. The Labute approximate surface area is 188 Å². The highest BCUT2D eigenvalue weighted by molar-refractivity contribution is 5.96. The molecule has 2 fully saturated rings. The second-order valence-electron chi connectivity index (χ2n) is 8.23. The number of amides is 2. The van der Waals surface area contributed by atoms with Crippen molar-refractivity contribution in [1.82, 2.24) is 9.80 Å². The molecule has 0 unspecified atom stereocenters. The van der Waals surface area contributed by atoms with Gasteiger partial charge in [0.2, 0.25) is 11.7 Å². The van der Waals surface area contributed by atoms with E-state index in [1.54, 1.807) is 31.3 Å². The van der Waals surface area contributed by atoms with Gasteiger partial charge >= 0.3 is 0 Å². The number of methoxy groups -OCH3 is 2. The molecule has 0 N–H and O–H groups in total. The molecule has 7 nitrogen and oxygen atoms in total. The zero-order valence-electron chi connectivity index (χ0n) is 18.7. The smallest absolute Gasteiger partial charge is 0.254 e. The lowest BCUT2D eigenvalue weighted by atomic mass is 9.84. The largest absolute Gasteiger partial charge is 0.493 e. The van der Waals surface area contributed by atoms with Crippen molar-refractivity contribution in [2.75, 3.05) is 40.4 Å². The van der Waals surface area contributed by atoms with Gasteiger partial charge in [0.1, 0.15) is 6.61 Å². The molecule has 2 aromatic carbocycles. The van der Waals surface area contributed by atoms with Crippen LogP contribution in [0.2, 0.25) is 0 Å². The summed E-state index contributed by atoms with van der Waals surface area (Å²) in [5.41, 5.74) is 1.50. The summed E-state index contributed by atoms with van der Waals surface area (Å²) >= 11 is 0. The van der Waals surface area contributed by atoms with E-state index in [2.05, 4.69) is 0 Å². The van der Waals surface area contributed by atoms with Crippen molar-refractivity contribution in [2.45, 2.75) is 25.9 Å². The van der Waals surface area contributed by atoms with E-state index in [9.17, 15) is 9.59 Å². The van der Waals surface area contributed by atoms with Gasteiger partial charge < -0.3 is 24.0 Å². The number of carbonyl (C=O) groups is 2. The number of piperazine rings is 1. The predicted octanol–water partition coefficient (Wildman–Crippen LogP) is 3.37. The molecule has 0 aromatic heterocycles. The molecule has 1 heterocycles. The first-order valence-corrected chi connectivity index (χ1v) is 11.1. The maximum absolute atomic E-state index is 13.2. The maximum atomic E-state index is 13.2. The van der Waals surface area contributed by atoms with Gasteiger partial charge in [0.15, 0.2) is 11.5 Å². The lowest BCUT2D eigenvalue weighted by Crippen LogP contribution is -2.52. The van der Waals surface area contributed by atoms with Gasteiger partial charge in [-0.3, -0.25) is 9.59 Å². The van der Waals surface area contributed by atoms with Crippen LogP contribution in [0.3, 0.4) is 0 Å². The van der Waals surface area contributed by atoms with E-state index in [1.807, 2.05) is 35.2 Å². The molecule has 2 aliphatic rings. The minimum Gasteiger partial charge on any atom is -0.493 e. The first-order chi connectivity index (χ1) is 15.6. The summed E-state index contributed by atoms with van der Waals surface area (Å²) in [7, 11) is 3.09. The van der Waals surface area contributed by atoms with Crippen LogP contribution in [0.5, 0.6) is 17.2 Å². The number of carbonyl (C=O) groups excluding carboxylic acids is 2. The van der Waals surface area contributed by atoms with Gasteiger partial charge in [0.25, 0.3) is 5.91 Å². The predicted molar refractivity (Wildman–Crippen MR) is 120 cm³/mol.